The van der Waals surface area contributed by atoms with E-state index in [1.54, 1.807) is 37.3 Å². The van der Waals surface area contributed by atoms with Gasteiger partial charge in [-0.05, 0) is 43.3 Å². The fourth-order valence-electron chi connectivity index (χ4n) is 3.46. The summed E-state index contributed by atoms with van der Waals surface area (Å²) in [4.78, 5) is 32.0. The molecular formula is C21H13ClN2O5S. The van der Waals surface area contributed by atoms with Crippen molar-refractivity contribution in [3.05, 3.63) is 82.4 Å². The molecule has 1 N–H and O–H groups in total. The average molecular weight is 441 g/mol. The minimum absolute atomic E-state index is 0.0354. The van der Waals surface area contributed by atoms with Crippen molar-refractivity contribution in [3.63, 3.8) is 0 Å². The van der Waals surface area contributed by atoms with Gasteiger partial charge >= 0.3 is 0 Å². The van der Waals surface area contributed by atoms with Crippen molar-refractivity contribution in [1.29, 1.82) is 0 Å². The van der Waals surface area contributed by atoms with E-state index in [9.17, 15) is 14.7 Å². The number of anilines is 1. The molecule has 0 bridgehead atoms. The van der Waals surface area contributed by atoms with Crippen LogP contribution in [0.3, 0.4) is 0 Å². The van der Waals surface area contributed by atoms with Gasteiger partial charge in [-0.25, -0.2) is 4.98 Å². The van der Waals surface area contributed by atoms with Gasteiger partial charge in [0.15, 0.2) is 16.7 Å². The number of benzene rings is 1. The van der Waals surface area contributed by atoms with Crippen molar-refractivity contribution in [2.75, 3.05) is 4.90 Å². The Bertz CT molecular complexity index is 1330. The quantitative estimate of drug-likeness (QED) is 0.436. The first-order valence-corrected chi connectivity index (χ1v) is 10.1. The molecule has 1 aromatic carbocycles. The maximum absolute atomic E-state index is 13.2. The third-order valence-electron chi connectivity index (χ3n) is 4.82. The first-order valence-electron chi connectivity index (χ1n) is 8.90. The number of carbonyl (C=O) groups is 2. The number of halogens is 1. The molecule has 1 atom stereocenters. The van der Waals surface area contributed by atoms with Crippen molar-refractivity contribution >= 4 is 50.0 Å². The molecule has 5 rings (SSSR count). The SMILES string of the molecule is Cc1ccc(C(=O)C2=C(O)C(=O)N(c3nc4ccc(Cl)cc4s3)C2c2ccoc2)o1. The van der Waals surface area contributed by atoms with Crippen LogP contribution in [0.5, 0.6) is 0 Å². The zero-order valence-corrected chi connectivity index (χ0v) is 17.0. The molecular weight excluding hydrogens is 428 g/mol. The van der Waals surface area contributed by atoms with Crippen LogP contribution >= 0.6 is 22.9 Å². The highest BCUT2D eigenvalue weighted by Crippen LogP contribution is 2.44. The molecule has 4 heterocycles. The van der Waals surface area contributed by atoms with Crippen LogP contribution in [0.25, 0.3) is 10.2 Å². The summed E-state index contributed by atoms with van der Waals surface area (Å²) in [6, 6.07) is 9.07. The number of aromatic nitrogens is 1. The Balaban J connectivity index is 1.66. The van der Waals surface area contributed by atoms with E-state index in [1.807, 2.05) is 0 Å². The van der Waals surface area contributed by atoms with E-state index in [1.165, 1.54) is 34.8 Å². The van der Waals surface area contributed by atoms with Crippen LogP contribution in [-0.4, -0.2) is 21.8 Å². The maximum Gasteiger partial charge on any atom is 0.296 e. The molecule has 0 aliphatic carbocycles. The number of thiazole rings is 1. The number of carbonyl (C=O) groups excluding carboxylic acids is 2. The Kier molecular flexibility index (Phi) is 4.27. The molecule has 0 spiro atoms. The van der Waals surface area contributed by atoms with Gasteiger partial charge in [-0.1, -0.05) is 22.9 Å². The number of aryl methyl sites for hydroxylation is 1. The molecule has 0 radical (unpaired) electrons. The zero-order valence-electron chi connectivity index (χ0n) is 15.5. The Morgan fingerprint density at radius 3 is 2.80 bits per heavy atom. The lowest BCUT2D eigenvalue weighted by Gasteiger charge is -2.22. The second kappa shape index (κ2) is 6.86. The van der Waals surface area contributed by atoms with E-state index >= 15 is 0 Å². The van der Waals surface area contributed by atoms with Gasteiger partial charge in [-0.15, -0.1) is 0 Å². The van der Waals surface area contributed by atoms with Crippen molar-refractivity contribution in [3.8, 4) is 0 Å². The summed E-state index contributed by atoms with van der Waals surface area (Å²) in [7, 11) is 0. The van der Waals surface area contributed by atoms with Crippen molar-refractivity contribution in [2.24, 2.45) is 0 Å². The van der Waals surface area contributed by atoms with E-state index in [2.05, 4.69) is 4.98 Å². The first kappa shape index (κ1) is 18.7. The molecule has 4 aromatic rings. The normalized spacial score (nSPS) is 16.8. The molecule has 0 saturated heterocycles. The number of amides is 1. The first-order chi connectivity index (χ1) is 14.4. The summed E-state index contributed by atoms with van der Waals surface area (Å²) in [5.41, 5.74) is 1.09. The number of fused-ring (bicyclic) bond motifs is 1. The Morgan fingerprint density at radius 2 is 2.10 bits per heavy atom. The summed E-state index contributed by atoms with van der Waals surface area (Å²) in [6.07, 6.45) is 2.86. The molecule has 7 nitrogen and oxygen atoms in total. The molecule has 150 valence electrons. The number of rotatable bonds is 4. The van der Waals surface area contributed by atoms with Crippen LogP contribution in [0.1, 0.15) is 27.9 Å². The number of hydrogen-bond acceptors (Lipinski definition) is 7. The molecule has 30 heavy (non-hydrogen) atoms. The van der Waals surface area contributed by atoms with E-state index < -0.39 is 23.5 Å². The Labute approximate surface area is 178 Å². The topological polar surface area (TPSA) is 96.8 Å². The van der Waals surface area contributed by atoms with Crippen LogP contribution in [-0.2, 0) is 4.79 Å². The van der Waals surface area contributed by atoms with Crippen LogP contribution in [0, 0.1) is 6.92 Å². The van der Waals surface area contributed by atoms with E-state index in [0.717, 1.165) is 4.70 Å². The fourth-order valence-corrected chi connectivity index (χ4v) is 4.73. The number of furan rings is 2. The molecule has 1 aliphatic rings. The van der Waals surface area contributed by atoms with Gasteiger partial charge in [0.2, 0.25) is 5.78 Å². The van der Waals surface area contributed by atoms with Crippen LogP contribution in [0.4, 0.5) is 5.13 Å². The molecule has 0 fully saturated rings. The summed E-state index contributed by atoms with van der Waals surface area (Å²) in [6.45, 7) is 1.71. The number of ketones is 1. The lowest BCUT2D eigenvalue weighted by Crippen LogP contribution is -2.30. The highest BCUT2D eigenvalue weighted by atomic mass is 35.5. The fraction of sp³-hybridized carbons (Fsp3) is 0.0952. The number of hydrogen-bond donors (Lipinski definition) is 1. The molecule has 3 aromatic heterocycles. The van der Waals surface area contributed by atoms with Gasteiger partial charge in [-0.3, -0.25) is 14.5 Å². The van der Waals surface area contributed by atoms with Crippen LogP contribution in [0.2, 0.25) is 5.02 Å². The third kappa shape index (κ3) is 2.84. The molecule has 9 heteroatoms. The van der Waals surface area contributed by atoms with E-state index in [0.29, 0.717) is 27.0 Å². The summed E-state index contributed by atoms with van der Waals surface area (Å²) in [5.74, 6) is -1.36. The molecule has 0 saturated carbocycles. The van der Waals surface area contributed by atoms with Crippen molar-refractivity contribution in [1.82, 2.24) is 4.98 Å². The summed E-state index contributed by atoms with van der Waals surface area (Å²) >= 11 is 7.30. The van der Waals surface area contributed by atoms with Gasteiger partial charge in [0, 0.05) is 10.6 Å². The third-order valence-corrected chi connectivity index (χ3v) is 6.07. The lowest BCUT2D eigenvalue weighted by atomic mass is 9.97. The lowest BCUT2D eigenvalue weighted by molar-refractivity contribution is -0.117. The smallest absolute Gasteiger partial charge is 0.296 e. The van der Waals surface area contributed by atoms with Crippen LogP contribution in [0.15, 0.2) is 69.1 Å². The molecule has 1 amide bonds. The number of Topliss-reactive ketones (excluding diaryl/α,β-unsaturated/α-hetero) is 1. The monoisotopic (exact) mass is 440 g/mol. The van der Waals surface area contributed by atoms with E-state index in [4.69, 9.17) is 20.4 Å². The number of nitrogens with zero attached hydrogens (tertiary/aromatic N) is 2. The second-order valence-electron chi connectivity index (χ2n) is 6.74. The summed E-state index contributed by atoms with van der Waals surface area (Å²) in [5, 5.41) is 11.5. The maximum atomic E-state index is 13.2. The standard InChI is InChI=1S/C21H13ClN2O5S/c1-10-2-5-14(29-10)18(25)16-17(11-6-7-28-9-11)24(20(27)19(16)26)21-23-13-4-3-12(22)8-15(13)30-21/h2-9,17,26H,1H3. The summed E-state index contributed by atoms with van der Waals surface area (Å²) < 4.78 is 11.4. The van der Waals surface area contributed by atoms with Crippen molar-refractivity contribution < 1.29 is 23.5 Å². The predicted octanol–water partition coefficient (Wildman–Crippen LogP) is 5.23. The second-order valence-corrected chi connectivity index (χ2v) is 8.19. The Morgan fingerprint density at radius 1 is 1.27 bits per heavy atom. The molecule has 1 unspecified atom stereocenters. The van der Waals surface area contributed by atoms with Gasteiger partial charge in [0.1, 0.15) is 11.8 Å². The highest BCUT2D eigenvalue weighted by Gasteiger charge is 2.46. The predicted molar refractivity (Wildman–Crippen MR) is 111 cm³/mol. The minimum Gasteiger partial charge on any atom is -0.503 e. The van der Waals surface area contributed by atoms with Gasteiger partial charge in [0.05, 0.1) is 28.3 Å². The van der Waals surface area contributed by atoms with Crippen molar-refractivity contribution in [2.45, 2.75) is 13.0 Å². The minimum atomic E-state index is -0.912. The zero-order chi connectivity index (χ0) is 21.0. The average Bonchev–Trinajstić information content (AvgIpc) is 3.49. The van der Waals surface area contributed by atoms with Gasteiger partial charge in [0.25, 0.3) is 5.91 Å². The van der Waals surface area contributed by atoms with Gasteiger partial charge in [-0.2, -0.15) is 0 Å². The highest BCUT2D eigenvalue weighted by molar-refractivity contribution is 7.22. The number of aliphatic hydroxyl groups is 1. The van der Waals surface area contributed by atoms with Gasteiger partial charge < -0.3 is 13.9 Å². The molecule has 1 aliphatic heterocycles. The Hall–Kier alpha value is -3.36. The van der Waals surface area contributed by atoms with E-state index in [-0.39, 0.29) is 11.3 Å². The number of aliphatic hydroxyl groups excluding tert-OH is 1. The largest absolute Gasteiger partial charge is 0.503 e. The van der Waals surface area contributed by atoms with Crippen LogP contribution < -0.4 is 4.90 Å².